The van der Waals surface area contributed by atoms with Crippen molar-refractivity contribution in [3.05, 3.63) is 105 Å². The molecule has 1 heterocycles. The largest absolute Gasteiger partial charge is 0.507 e. The molecule has 0 amide bonds. The number of aromatic nitrogens is 1. The predicted octanol–water partition coefficient (Wildman–Crippen LogP) is 7.08. The Morgan fingerprint density at radius 3 is 2.51 bits per heavy atom. The standard InChI is InChI=1S/C28H19IN2O4/c1-17-2-13-26-24(14-17)31-27(35-26)23-12-9-21(15-25(23)32)30-16-18-3-10-22(11-4-18)34-28(33)19-5-7-20(29)8-6-19/h2-16,32H,1H3. The van der Waals surface area contributed by atoms with Crippen LogP contribution in [-0.4, -0.2) is 22.3 Å². The molecule has 7 heteroatoms. The van der Waals surface area contributed by atoms with Crippen LogP contribution in [0.2, 0.25) is 0 Å². The Kier molecular flexibility index (Phi) is 6.33. The molecule has 1 aromatic heterocycles. The maximum atomic E-state index is 12.3. The molecule has 0 radical (unpaired) electrons. The zero-order valence-electron chi connectivity index (χ0n) is 18.6. The number of halogens is 1. The van der Waals surface area contributed by atoms with E-state index in [1.54, 1.807) is 60.8 Å². The minimum absolute atomic E-state index is 0.0285. The van der Waals surface area contributed by atoms with Crippen LogP contribution in [0.15, 0.2) is 94.3 Å². The predicted molar refractivity (Wildman–Crippen MR) is 144 cm³/mol. The van der Waals surface area contributed by atoms with Crippen molar-refractivity contribution in [2.24, 2.45) is 4.99 Å². The van der Waals surface area contributed by atoms with E-state index >= 15 is 0 Å². The van der Waals surface area contributed by atoms with Gasteiger partial charge in [-0.05, 0) is 113 Å². The maximum Gasteiger partial charge on any atom is 0.343 e. The first-order valence-electron chi connectivity index (χ1n) is 10.8. The van der Waals surface area contributed by atoms with E-state index in [1.165, 1.54) is 0 Å². The van der Waals surface area contributed by atoms with Gasteiger partial charge in [0.2, 0.25) is 5.89 Å². The molecule has 1 N–H and O–H groups in total. The lowest BCUT2D eigenvalue weighted by atomic mass is 10.1. The molecule has 35 heavy (non-hydrogen) atoms. The van der Waals surface area contributed by atoms with E-state index < -0.39 is 5.97 Å². The van der Waals surface area contributed by atoms with Crippen LogP contribution in [0.4, 0.5) is 5.69 Å². The molecule has 0 aliphatic carbocycles. The van der Waals surface area contributed by atoms with E-state index in [2.05, 4.69) is 32.6 Å². The summed E-state index contributed by atoms with van der Waals surface area (Å²) >= 11 is 2.18. The molecule has 0 aliphatic rings. The Balaban J connectivity index is 1.27. The zero-order valence-corrected chi connectivity index (χ0v) is 20.8. The van der Waals surface area contributed by atoms with Crippen LogP contribution in [-0.2, 0) is 0 Å². The Morgan fingerprint density at radius 1 is 1.00 bits per heavy atom. The molecule has 5 rings (SSSR count). The van der Waals surface area contributed by atoms with Gasteiger partial charge in [-0.3, -0.25) is 4.99 Å². The first-order valence-corrected chi connectivity index (χ1v) is 11.8. The molecule has 6 nitrogen and oxygen atoms in total. The molecular formula is C28H19IN2O4. The molecule has 0 spiro atoms. The molecule has 0 saturated carbocycles. The fourth-order valence-corrected chi connectivity index (χ4v) is 3.82. The lowest BCUT2D eigenvalue weighted by molar-refractivity contribution is 0.0734. The van der Waals surface area contributed by atoms with Crippen LogP contribution in [0, 0.1) is 10.5 Å². The van der Waals surface area contributed by atoms with E-state index in [9.17, 15) is 9.90 Å². The number of rotatable bonds is 5. The summed E-state index contributed by atoms with van der Waals surface area (Å²) in [5.41, 5.74) is 4.88. The van der Waals surface area contributed by atoms with Gasteiger partial charge in [-0.25, -0.2) is 9.78 Å². The van der Waals surface area contributed by atoms with Crippen molar-refractivity contribution in [2.75, 3.05) is 0 Å². The number of benzene rings is 4. The number of ether oxygens (including phenoxy) is 1. The van der Waals surface area contributed by atoms with E-state index in [1.807, 2.05) is 37.3 Å². The average Bonchev–Trinajstić information content (AvgIpc) is 3.27. The van der Waals surface area contributed by atoms with Gasteiger partial charge in [0.25, 0.3) is 0 Å². The van der Waals surface area contributed by atoms with Crippen molar-refractivity contribution >= 4 is 51.6 Å². The van der Waals surface area contributed by atoms with Gasteiger partial charge in [-0.15, -0.1) is 0 Å². The van der Waals surface area contributed by atoms with Crippen molar-refractivity contribution in [2.45, 2.75) is 6.92 Å². The topological polar surface area (TPSA) is 84.9 Å². The van der Waals surface area contributed by atoms with Crippen LogP contribution < -0.4 is 4.74 Å². The number of esters is 1. The second-order valence-electron chi connectivity index (χ2n) is 7.92. The average molecular weight is 574 g/mol. The highest BCUT2D eigenvalue weighted by Gasteiger charge is 2.13. The van der Waals surface area contributed by atoms with Gasteiger partial charge in [0.1, 0.15) is 17.0 Å². The number of aromatic hydroxyl groups is 1. The molecule has 172 valence electrons. The Labute approximate surface area is 215 Å². The quantitative estimate of drug-likeness (QED) is 0.105. The van der Waals surface area contributed by atoms with Crippen LogP contribution in [0.25, 0.3) is 22.6 Å². The Morgan fingerprint density at radius 2 is 1.77 bits per heavy atom. The van der Waals surface area contributed by atoms with E-state index in [4.69, 9.17) is 9.15 Å². The highest BCUT2D eigenvalue weighted by Crippen LogP contribution is 2.34. The Bertz CT molecular complexity index is 1560. The number of phenolic OH excluding ortho intramolecular Hbond substituents is 1. The smallest absolute Gasteiger partial charge is 0.343 e. The van der Waals surface area contributed by atoms with Crippen LogP contribution in [0.1, 0.15) is 21.5 Å². The van der Waals surface area contributed by atoms with E-state index in [0.717, 1.165) is 20.2 Å². The van der Waals surface area contributed by atoms with Gasteiger partial charge in [0.15, 0.2) is 5.58 Å². The summed E-state index contributed by atoms with van der Waals surface area (Å²) in [7, 11) is 0. The monoisotopic (exact) mass is 574 g/mol. The third kappa shape index (κ3) is 5.25. The lowest BCUT2D eigenvalue weighted by Crippen LogP contribution is -2.08. The van der Waals surface area contributed by atoms with Crippen molar-refractivity contribution in [3.63, 3.8) is 0 Å². The normalized spacial score (nSPS) is 11.3. The van der Waals surface area contributed by atoms with E-state index in [0.29, 0.717) is 34.0 Å². The van der Waals surface area contributed by atoms with Gasteiger partial charge in [0, 0.05) is 15.9 Å². The number of oxazole rings is 1. The van der Waals surface area contributed by atoms with Crippen molar-refractivity contribution in [1.29, 1.82) is 0 Å². The van der Waals surface area contributed by atoms with Crippen LogP contribution in [0.3, 0.4) is 0 Å². The number of fused-ring (bicyclic) bond motifs is 1. The van der Waals surface area contributed by atoms with Gasteiger partial charge >= 0.3 is 5.97 Å². The third-order valence-electron chi connectivity index (χ3n) is 5.29. The summed E-state index contributed by atoms with van der Waals surface area (Å²) < 4.78 is 12.3. The lowest BCUT2D eigenvalue weighted by Gasteiger charge is -2.05. The molecule has 0 fully saturated rings. The number of hydrogen-bond donors (Lipinski definition) is 1. The van der Waals surface area contributed by atoms with Crippen LogP contribution >= 0.6 is 22.6 Å². The van der Waals surface area contributed by atoms with Crippen LogP contribution in [0.5, 0.6) is 11.5 Å². The number of carbonyl (C=O) groups is 1. The van der Waals surface area contributed by atoms with Crippen molar-refractivity contribution < 1.29 is 19.1 Å². The minimum Gasteiger partial charge on any atom is -0.507 e. The molecule has 0 bridgehead atoms. The number of aliphatic imine (C=N–C) groups is 1. The van der Waals surface area contributed by atoms with Gasteiger partial charge in [-0.1, -0.05) is 6.07 Å². The van der Waals surface area contributed by atoms with Crippen molar-refractivity contribution in [1.82, 2.24) is 4.98 Å². The first-order chi connectivity index (χ1) is 16.9. The molecular weight excluding hydrogens is 555 g/mol. The number of nitrogens with zero attached hydrogens (tertiary/aromatic N) is 2. The van der Waals surface area contributed by atoms with E-state index in [-0.39, 0.29) is 5.75 Å². The number of hydrogen-bond acceptors (Lipinski definition) is 6. The molecule has 0 atom stereocenters. The highest BCUT2D eigenvalue weighted by molar-refractivity contribution is 14.1. The zero-order chi connectivity index (χ0) is 24.4. The summed E-state index contributed by atoms with van der Waals surface area (Å²) in [4.78, 5) is 21.2. The number of carbonyl (C=O) groups excluding carboxylic acids is 1. The van der Waals surface area contributed by atoms with Gasteiger partial charge in [0.05, 0.1) is 16.8 Å². The molecule has 0 unspecified atom stereocenters. The molecule has 5 aromatic rings. The van der Waals surface area contributed by atoms with Gasteiger partial charge < -0.3 is 14.3 Å². The number of phenols is 1. The Hall–Kier alpha value is -3.98. The molecule has 4 aromatic carbocycles. The summed E-state index contributed by atoms with van der Waals surface area (Å²) in [6.45, 7) is 1.99. The maximum absolute atomic E-state index is 12.3. The summed E-state index contributed by atoms with van der Waals surface area (Å²) in [5, 5.41) is 10.5. The summed E-state index contributed by atoms with van der Waals surface area (Å²) in [5.74, 6) is 0.420. The second kappa shape index (κ2) is 9.71. The fourth-order valence-electron chi connectivity index (χ4n) is 3.46. The first kappa shape index (κ1) is 22.8. The number of aryl methyl sites for hydroxylation is 1. The second-order valence-corrected chi connectivity index (χ2v) is 9.16. The van der Waals surface area contributed by atoms with Crippen molar-refractivity contribution in [3.8, 4) is 23.0 Å². The van der Waals surface area contributed by atoms with Gasteiger partial charge in [-0.2, -0.15) is 0 Å². The molecule has 0 saturated heterocycles. The fraction of sp³-hybridized carbons (Fsp3) is 0.0357. The highest BCUT2D eigenvalue weighted by atomic mass is 127. The SMILES string of the molecule is Cc1ccc2oc(-c3ccc(N=Cc4ccc(OC(=O)c5ccc(I)cc5)cc4)cc3O)nc2c1. The molecule has 0 aliphatic heterocycles. The minimum atomic E-state index is -0.410. The summed E-state index contributed by atoms with van der Waals surface area (Å²) in [6, 6.07) is 25.0. The summed E-state index contributed by atoms with van der Waals surface area (Å²) in [6.07, 6.45) is 1.67. The third-order valence-corrected chi connectivity index (χ3v) is 6.01.